The van der Waals surface area contributed by atoms with E-state index in [1.807, 2.05) is 0 Å². The molecule has 0 aliphatic carbocycles. The number of rotatable bonds is 64. The highest BCUT2D eigenvalue weighted by atomic mass is 31.2. The Morgan fingerprint density at radius 2 is 0.571 bits per heavy atom. The summed E-state index contributed by atoms with van der Waals surface area (Å²) in [5.74, 6) is -0.861. The van der Waals surface area contributed by atoms with Gasteiger partial charge in [0, 0.05) is 19.4 Å². The summed E-state index contributed by atoms with van der Waals surface area (Å²) in [6, 6.07) is 0. The summed E-state index contributed by atoms with van der Waals surface area (Å²) in [5.41, 5.74) is 5.40. The van der Waals surface area contributed by atoms with Crippen molar-refractivity contribution in [2.45, 2.75) is 264 Å². The second-order valence-electron chi connectivity index (χ2n) is 22.6. The van der Waals surface area contributed by atoms with Gasteiger partial charge in [0.05, 0.1) is 13.2 Å². The van der Waals surface area contributed by atoms with E-state index in [1.54, 1.807) is 0 Å². The predicted octanol–water partition coefficient (Wildman–Crippen LogP) is 23.9. The Kier molecular flexibility index (Phi) is 69.3. The molecule has 510 valence electrons. The van der Waals surface area contributed by atoms with E-state index < -0.39 is 32.5 Å². The number of phosphoric ester groups is 1. The zero-order valence-corrected chi connectivity index (χ0v) is 58.1. The van der Waals surface area contributed by atoms with E-state index in [0.717, 1.165) is 173 Å². The molecule has 0 spiro atoms. The van der Waals surface area contributed by atoms with Gasteiger partial charge in [0.25, 0.3) is 0 Å². The average Bonchev–Trinajstić information content (AvgIpc) is 3.71. The lowest BCUT2D eigenvalue weighted by Crippen LogP contribution is -2.29. The zero-order valence-electron chi connectivity index (χ0n) is 57.2. The fourth-order valence-corrected chi connectivity index (χ4v) is 9.76. The minimum atomic E-state index is -4.41. The molecule has 0 radical (unpaired) electrons. The predicted molar refractivity (Wildman–Crippen MR) is 394 cm³/mol. The number of esters is 2. The third-order valence-corrected chi connectivity index (χ3v) is 15.1. The molecular formula is C81H128NO8P. The van der Waals surface area contributed by atoms with E-state index in [4.69, 9.17) is 24.3 Å². The lowest BCUT2D eigenvalue weighted by Gasteiger charge is -2.19. The van der Waals surface area contributed by atoms with Crippen LogP contribution in [0.3, 0.4) is 0 Å². The second kappa shape index (κ2) is 73.6. The van der Waals surface area contributed by atoms with Crippen LogP contribution in [0.2, 0.25) is 0 Å². The number of unbranched alkanes of at least 4 members (excludes halogenated alkanes) is 17. The van der Waals surface area contributed by atoms with Crippen LogP contribution in [-0.2, 0) is 32.7 Å². The molecule has 0 aromatic heterocycles. The Labute approximate surface area is 557 Å². The van der Waals surface area contributed by atoms with Crippen LogP contribution in [0.15, 0.2) is 207 Å². The van der Waals surface area contributed by atoms with E-state index in [9.17, 15) is 19.0 Å². The first-order chi connectivity index (χ1) is 44.8. The third-order valence-electron chi connectivity index (χ3n) is 14.2. The third kappa shape index (κ3) is 73.5. The number of carbonyl (C=O) groups is 2. The molecule has 0 heterocycles. The van der Waals surface area contributed by atoms with E-state index in [0.29, 0.717) is 12.8 Å². The minimum Gasteiger partial charge on any atom is -0.462 e. The van der Waals surface area contributed by atoms with Crippen molar-refractivity contribution in [1.82, 2.24) is 0 Å². The first-order valence-corrected chi connectivity index (χ1v) is 37.1. The molecule has 0 aromatic carbocycles. The van der Waals surface area contributed by atoms with Crippen molar-refractivity contribution < 1.29 is 37.6 Å². The molecule has 3 N–H and O–H groups in total. The van der Waals surface area contributed by atoms with Crippen molar-refractivity contribution >= 4 is 19.8 Å². The Bertz CT molecular complexity index is 2250. The van der Waals surface area contributed by atoms with Crippen LogP contribution < -0.4 is 5.73 Å². The maximum Gasteiger partial charge on any atom is 0.472 e. The number of ether oxygens (including phenoxy) is 2. The monoisotopic (exact) mass is 1270 g/mol. The van der Waals surface area contributed by atoms with E-state index in [-0.39, 0.29) is 32.6 Å². The number of carbonyl (C=O) groups excluding carboxylic acids is 2. The van der Waals surface area contributed by atoms with Crippen molar-refractivity contribution in [1.29, 1.82) is 0 Å². The Morgan fingerprint density at radius 3 is 0.846 bits per heavy atom. The van der Waals surface area contributed by atoms with Gasteiger partial charge < -0.3 is 20.1 Å². The Hall–Kier alpha value is -5.41. The Balaban J connectivity index is 4.01. The quantitative estimate of drug-likeness (QED) is 0.0264. The first kappa shape index (κ1) is 85.6. The minimum absolute atomic E-state index is 0.0401. The number of nitrogens with two attached hydrogens (primary N) is 1. The molecule has 0 rings (SSSR count). The Morgan fingerprint density at radius 1 is 0.330 bits per heavy atom. The van der Waals surface area contributed by atoms with Gasteiger partial charge in [-0.2, -0.15) is 0 Å². The van der Waals surface area contributed by atoms with Gasteiger partial charge >= 0.3 is 19.8 Å². The van der Waals surface area contributed by atoms with Crippen molar-refractivity contribution in [2.24, 2.45) is 5.73 Å². The molecule has 2 atom stereocenters. The van der Waals surface area contributed by atoms with Crippen LogP contribution in [0.1, 0.15) is 258 Å². The van der Waals surface area contributed by atoms with Crippen LogP contribution in [-0.4, -0.2) is 49.3 Å². The lowest BCUT2D eigenvalue weighted by molar-refractivity contribution is -0.161. The number of allylic oxidation sites excluding steroid dienone is 34. The molecule has 0 amide bonds. The van der Waals surface area contributed by atoms with Gasteiger partial charge in [-0.1, -0.05) is 304 Å². The number of hydrogen-bond acceptors (Lipinski definition) is 8. The van der Waals surface area contributed by atoms with Crippen molar-refractivity contribution in [3.63, 3.8) is 0 Å². The highest BCUT2D eigenvalue weighted by Crippen LogP contribution is 2.43. The summed E-state index contributed by atoms with van der Waals surface area (Å²) in [6.45, 7) is 3.48. The molecule has 0 saturated carbocycles. The normalized spacial score (nSPS) is 14.2. The molecule has 0 aliphatic rings. The second-order valence-corrected chi connectivity index (χ2v) is 24.1. The lowest BCUT2D eigenvalue weighted by atomic mass is 10.0. The summed E-state index contributed by atoms with van der Waals surface area (Å²) in [6.07, 6.45) is 113. The van der Waals surface area contributed by atoms with Crippen LogP contribution in [0.25, 0.3) is 0 Å². The van der Waals surface area contributed by atoms with E-state index in [1.165, 1.54) is 44.9 Å². The van der Waals surface area contributed by atoms with Crippen molar-refractivity contribution in [3.05, 3.63) is 207 Å². The van der Waals surface area contributed by atoms with Gasteiger partial charge in [-0.15, -0.1) is 0 Å². The maximum absolute atomic E-state index is 12.8. The smallest absolute Gasteiger partial charge is 0.462 e. The molecule has 10 heteroatoms. The van der Waals surface area contributed by atoms with Crippen molar-refractivity contribution in [2.75, 3.05) is 26.4 Å². The number of hydrogen-bond donors (Lipinski definition) is 2. The highest BCUT2D eigenvalue weighted by Gasteiger charge is 2.26. The molecule has 0 aromatic rings. The van der Waals surface area contributed by atoms with Gasteiger partial charge in [-0.05, 0) is 148 Å². The summed E-state index contributed by atoms with van der Waals surface area (Å²) >= 11 is 0. The summed E-state index contributed by atoms with van der Waals surface area (Å²) in [7, 11) is -4.41. The van der Waals surface area contributed by atoms with E-state index in [2.05, 4.69) is 220 Å². The van der Waals surface area contributed by atoms with Crippen LogP contribution in [0, 0.1) is 0 Å². The zero-order chi connectivity index (χ0) is 65.8. The maximum atomic E-state index is 12.8. The molecule has 0 fully saturated rings. The van der Waals surface area contributed by atoms with Crippen LogP contribution >= 0.6 is 7.82 Å². The van der Waals surface area contributed by atoms with Crippen LogP contribution in [0.5, 0.6) is 0 Å². The topological polar surface area (TPSA) is 134 Å². The fourth-order valence-electron chi connectivity index (χ4n) is 9.00. The van der Waals surface area contributed by atoms with Gasteiger partial charge in [0.2, 0.25) is 0 Å². The van der Waals surface area contributed by atoms with Crippen molar-refractivity contribution in [3.8, 4) is 0 Å². The molecule has 91 heavy (non-hydrogen) atoms. The molecule has 9 nitrogen and oxygen atoms in total. The molecule has 2 unspecified atom stereocenters. The molecule has 0 saturated heterocycles. The van der Waals surface area contributed by atoms with Gasteiger partial charge in [-0.25, -0.2) is 4.57 Å². The highest BCUT2D eigenvalue weighted by molar-refractivity contribution is 7.47. The fraction of sp³-hybridized carbons (Fsp3) is 0.556. The molecule has 0 aliphatic heterocycles. The van der Waals surface area contributed by atoms with E-state index >= 15 is 0 Å². The largest absolute Gasteiger partial charge is 0.472 e. The number of phosphoric acid groups is 1. The van der Waals surface area contributed by atoms with Crippen LogP contribution in [0.4, 0.5) is 0 Å². The first-order valence-electron chi connectivity index (χ1n) is 35.6. The SMILES string of the molecule is CC/C=C\C/C=C\C/C=C\C/C=C\C/C=C\C/C=C\C/C=C\C/C=C\C/C=C\CCCCCCCCCCCCCC(=O)OC(COC(=O)CCCCCCCC/C=C\C/C=C\C/C=C\C/C=C\C/C=C\C/C=C\C/C=C\C/C=C\CC)COP(=O)(O)OCCN. The molecular weight excluding hydrogens is 1150 g/mol. The van der Waals surface area contributed by atoms with Gasteiger partial charge in [-0.3, -0.25) is 18.6 Å². The summed E-state index contributed by atoms with van der Waals surface area (Å²) < 4.78 is 33.2. The van der Waals surface area contributed by atoms with Gasteiger partial charge in [0.15, 0.2) is 6.10 Å². The van der Waals surface area contributed by atoms with Gasteiger partial charge in [0.1, 0.15) is 6.61 Å². The molecule has 0 bridgehead atoms. The standard InChI is InChI=1S/C81H128NO8P/c1-3-5-7-9-11-13-15-17-19-21-23-25-27-29-31-33-35-36-37-38-39-40-41-42-44-46-48-50-52-54-56-58-60-62-64-66-68-70-72-74-81(84)90-79(78-89-91(85,86)88-76-75-82)77-87-80(83)73-71-69-67-65-63-61-59-57-55-53-51-49-47-45-43-34-32-30-28-26-24-22-20-18-16-14-12-10-8-6-4-2/h5-8,11-14,17-20,23-26,29-32,35-36,38-39,41-43,45-46,48-49,51,55,57,79H,3-4,9-10,15-16,21-22,27-28,33-34,37,40,44,47,50,52-54,56,58-78,82H2,1-2H3,(H,85,86)/b7-5-,8-6-,13-11-,14-12-,19-17-,20-18-,25-23-,26-24-,31-29-,32-30-,36-35-,39-38-,42-41-,45-43-,48-46-,51-49-,57-55-. The average molecular weight is 1270 g/mol. The summed E-state index contributed by atoms with van der Waals surface area (Å²) in [5, 5.41) is 0. The summed E-state index contributed by atoms with van der Waals surface area (Å²) in [4.78, 5) is 35.4.